The van der Waals surface area contributed by atoms with Crippen molar-refractivity contribution in [3.05, 3.63) is 23.9 Å². The van der Waals surface area contributed by atoms with Gasteiger partial charge in [-0.1, -0.05) is 0 Å². The summed E-state index contributed by atoms with van der Waals surface area (Å²) in [6.07, 6.45) is 2.99. The number of hydrogen-bond donors (Lipinski definition) is 2. The van der Waals surface area contributed by atoms with Crippen molar-refractivity contribution < 1.29 is 9.90 Å². The number of nitrogens with two attached hydrogens (primary N) is 1. The van der Waals surface area contributed by atoms with Gasteiger partial charge in [0.25, 0.3) is 0 Å². The van der Waals surface area contributed by atoms with Crippen molar-refractivity contribution in [2.24, 2.45) is 5.73 Å². The van der Waals surface area contributed by atoms with Gasteiger partial charge in [-0.2, -0.15) is 0 Å². The van der Waals surface area contributed by atoms with E-state index in [9.17, 15) is 9.90 Å². The van der Waals surface area contributed by atoms with Crippen molar-refractivity contribution in [2.75, 3.05) is 18.0 Å². The van der Waals surface area contributed by atoms with E-state index in [1.807, 2.05) is 6.92 Å². The van der Waals surface area contributed by atoms with Crippen molar-refractivity contribution in [3.63, 3.8) is 0 Å². The number of aliphatic hydroxyl groups is 1. The SMILES string of the molecule is CC1(O)CCN(c2cc(C(N)=O)ccn2)CC1. The lowest BCUT2D eigenvalue weighted by Gasteiger charge is -2.36. The van der Waals surface area contributed by atoms with Gasteiger partial charge in [-0.05, 0) is 31.9 Å². The normalized spacial score (nSPS) is 19.1. The molecule has 5 nitrogen and oxygen atoms in total. The molecule has 0 bridgehead atoms. The second-order valence-electron chi connectivity index (χ2n) is 4.75. The van der Waals surface area contributed by atoms with Crippen LogP contribution >= 0.6 is 0 Å². The molecule has 5 heteroatoms. The molecule has 1 aromatic heterocycles. The highest BCUT2D eigenvalue weighted by atomic mass is 16.3. The molecule has 1 aromatic rings. The number of amides is 1. The summed E-state index contributed by atoms with van der Waals surface area (Å²) < 4.78 is 0. The Bertz CT molecular complexity index is 422. The molecule has 0 saturated carbocycles. The monoisotopic (exact) mass is 235 g/mol. The summed E-state index contributed by atoms with van der Waals surface area (Å²) in [4.78, 5) is 17.4. The Morgan fingerprint density at radius 2 is 2.18 bits per heavy atom. The van der Waals surface area contributed by atoms with E-state index in [-0.39, 0.29) is 0 Å². The lowest BCUT2D eigenvalue weighted by Crippen LogP contribution is -2.42. The molecular weight excluding hydrogens is 218 g/mol. The van der Waals surface area contributed by atoms with Gasteiger partial charge in [0.15, 0.2) is 0 Å². The minimum Gasteiger partial charge on any atom is -0.390 e. The molecule has 0 aliphatic carbocycles. The second kappa shape index (κ2) is 4.33. The third-order valence-corrected chi connectivity index (χ3v) is 3.19. The predicted molar refractivity (Wildman–Crippen MR) is 64.8 cm³/mol. The number of carbonyl (C=O) groups excluding carboxylic acids is 1. The number of rotatable bonds is 2. The van der Waals surface area contributed by atoms with Crippen LogP contribution < -0.4 is 10.6 Å². The average molecular weight is 235 g/mol. The molecule has 92 valence electrons. The number of nitrogens with zero attached hydrogens (tertiary/aromatic N) is 2. The van der Waals surface area contributed by atoms with E-state index in [2.05, 4.69) is 9.88 Å². The summed E-state index contributed by atoms with van der Waals surface area (Å²) >= 11 is 0. The van der Waals surface area contributed by atoms with Crippen molar-refractivity contribution in [1.29, 1.82) is 0 Å². The van der Waals surface area contributed by atoms with Crippen LogP contribution in [-0.4, -0.2) is 34.7 Å². The zero-order chi connectivity index (χ0) is 12.5. The third kappa shape index (κ3) is 2.74. The van der Waals surface area contributed by atoms with Crippen molar-refractivity contribution in [3.8, 4) is 0 Å². The standard InChI is InChI=1S/C12H17N3O2/c1-12(17)3-6-15(7-4-12)10-8-9(11(13)16)2-5-14-10/h2,5,8,17H,3-4,6-7H2,1H3,(H2,13,16). The molecule has 3 N–H and O–H groups in total. The van der Waals surface area contributed by atoms with Gasteiger partial charge in [0.1, 0.15) is 5.82 Å². The van der Waals surface area contributed by atoms with E-state index in [1.165, 1.54) is 0 Å². The number of aromatic nitrogens is 1. The van der Waals surface area contributed by atoms with Crippen LogP contribution in [0.4, 0.5) is 5.82 Å². The summed E-state index contributed by atoms with van der Waals surface area (Å²) in [5, 5.41) is 9.86. The van der Waals surface area contributed by atoms with Gasteiger partial charge in [0, 0.05) is 24.8 Å². The van der Waals surface area contributed by atoms with Crippen molar-refractivity contribution in [1.82, 2.24) is 4.98 Å². The molecule has 0 radical (unpaired) electrons. The Hall–Kier alpha value is -1.62. The first-order chi connectivity index (χ1) is 7.98. The fourth-order valence-corrected chi connectivity index (χ4v) is 1.96. The molecule has 1 saturated heterocycles. The molecule has 2 heterocycles. The second-order valence-corrected chi connectivity index (χ2v) is 4.75. The summed E-state index contributed by atoms with van der Waals surface area (Å²) in [5.41, 5.74) is 5.11. The largest absolute Gasteiger partial charge is 0.390 e. The quantitative estimate of drug-likeness (QED) is 0.783. The van der Waals surface area contributed by atoms with E-state index < -0.39 is 11.5 Å². The van der Waals surface area contributed by atoms with E-state index >= 15 is 0 Å². The lowest BCUT2D eigenvalue weighted by molar-refractivity contribution is 0.0350. The van der Waals surface area contributed by atoms with Crippen LogP contribution in [0.3, 0.4) is 0 Å². The highest BCUT2D eigenvalue weighted by Crippen LogP contribution is 2.24. The molecule has 1 amide bonds. The van der Waals surface area contributed by atoms with Crippen molar-refractivity contribution >= 4 is 11.7 Å². The van der Waals surface area contributed by atoms with Gasteiger partial charge >= 0.3 is 0 Å². The highest BCUT2D eigenvalue weighted by molar-refractivity contribution is 5.93. The van der Waals surface area contributed by atoms with Gasteiger partial charge < -0.3 is 15.7 Å². The van der Waals surface area contributed by atoms with Gasteiger partial charge in [-0.15, -0.1) is 0 Å². The Kier molecular flexibility index (Phi) is 3.02. The maximum Gasteiger partial charge on any atom is 0.248 e. The number of piperidine rings is 1. The van der Waals surface area contributed by atoms with E-state index in [4.69, 9.17) is 5.73 Å². The van der Waals surface area contributed by atoms with E-state index in [1.54, 1.807) is 18.3 Å². The molecule has 0 aromatic carbocycles. The van der Waals surface area contributed by atoms with Crippen LogP contribution in [0.15, 0.2) is 18.3 Å². The Balaban J connectivity index is 2.13. The molecule has 0 spiro atoms. The maximum absolute atomic E-state index is 11.1. The van der Waals surface area contributed by atoms with Crippen LogP contribution in [-0.2, 0) is 0 Å². The van der Waals surface area contributed by atoms with Gasteiger partial charge in [0.05, 0.1) is 5.60 Å². The summed E-state index contributed by atoms with van der Waals surface area (Å²) in [6, 6.07) is 3.30. The zero-order valence-corrected chi connectivity index (χ0v) is 9.89. The average Bonchev–Trinajstić information content (AvgIpc) is 2.29. The van der Waals surface area contributed by atoms with Crippen LogP contribution in [0.1, 0.15) is 30.1 Å². The Morgan fingerprint density at radius 1 is 1.53 bits per heavy atom. The smallest absolute Gasteiger partial charge is 0.248 e. The van der Waals surface area contributed by atoms with Crippen LogP contribution in [0, 0.1) is 0 Å². The summed E-state index contributed by atoms with van der Waals surface area (Å²) in [7, 11) is 0. The zero-order valence-electron chi connectivity index (χ0n) is 9.89. The topological polar surface area (TPSA) is 79.5 Å². The van der Waals surface area contributed by atoms with Gasteiger partial charge in [0.2, 0.25) is 5.91 Å². The molecule has 1 fully saturated rings. The molecular formula is C12H17N3O2. The summed E-state index contributed by atoms with van der Waals surface area (Å²) in [5.74, 6) is 0.300. The number of pyridine rings is 1. The van der Waals surface area contributed by atoms with Crippen LogP contribution in [0.25, 0.3) is 0 Å². The van der Waals surface area contributed by atoms with Crippen LogP contribution in [0.5, 0.6) is 0 Å². The summed E-state index contributed by atoms with van der Waals surface area (Å²) in [6.45, 7) is 3.32. The fourth-order valence-electron chi connectivity index (χ4n) is 1.96. The predicted octanol–water partition coefficient (Wildman–Crippen LogP) is 0.532. The van der Waals surface area contributed by atoms with Gasteiger partial charge in [-0.25, -0.2) is 4.98 Å². The first kappa shape index (κ1) is 11.9. The lowest BCUT2D eigenvalue weighted by atomic mass is 9.94. The number of carbonyl (C=O) groups is 1. The minimum absolute atomic E-state index is 0.447. The molecule has 2 rings (SSSR count). The number of anilines is 1. The maximum atomic E-state index is 11.1. The third-order valence-electron chi connectivity index (χ3n) is 3.19. The number of primary amides is 1. The Labute approximate surface area is 100 Å². The molecule has 0 unspecified atom stereocenters. The number of hydrogen-bond acceptors (Lipinski definition) is 4. The molecule has 17 heavy (non-hydrogen) atoms. The van der Waals surface area contributed by atoms with Crippen LogP contribution in [0.2, 0.25) is 0 Å². The fraction of sp³-hybridized carbons (Fsp3) is 0.500. The van der Waals surface area contributed by atoms with E-state index in [0.29, 0.717) is 18.4 Å². The first-order valence-electron chi connectivity index (χ1n) is 5.71. The molecule has 1 aliphatic heterocycles. The van der Waals surface area contributed by atoms with Gasteiger partial charge in [-0.3, -0.25) is 4.79 Å². The first-order valence-corrected chi connectivity index (χ1v) is 5.71. The Morgan fingerprint density at radius 3 is 2.76 bits per heavy atom. The molecule has 0 atom stereocenters. The van der Waals surface area contributed by atoms with Crippen molar-refractivity contribution in [2.45, 2.75) is 25.4 Å². The molecule has 1 aliphatic rings. The highest BCUT2D eigenvalue weighted by Gasteiger charge is 2.27. The minimum atomic E-state index is -0.586. The van der Waals surface area contributed by atoms with E-state index in [0.717, 1.165) is 18.9 Å².